The Kier molecular flexibility index (Phi) is 4.26. The van der Waals surface area contributed by atoms with E-state index in [0.29, 0.717) is 23.8 Å². The van der Waals surface area contributed by atoms with E-state index >= 15 is 0 Å². The zero-order valence-corrected chi connectivity index (χ0v) is 10.2. The number of nitrogens with zero attached hydrogens (tertiary/aromatic N) is 1. The topological polar surface area (TPSA) is 71.2 Å². The average molecular weight is 223 g/mol. The Balaban J connectivity index is 2.66. The minimum absolute atomic E-state index is 0.388. The number of aromatic nitrogens is 1. The highest BCUT2D eigenvalue weighted by atomic mass is 16.3. The van der Waals surface area contributed by atoms with Gasteiger partial charge in [-0.1, -0.05) is 19.9 Å². The van der Waals surface area contributed by atoms with Gasteiger partial charge in [0.15, 0.2) is 0 Å². The molecule has 4 nitrogen and oxygen atoms in total. The van der Waals surface area contributed by atoms with E-state index in [0.717, 1.165) is 6.54 Å². The Morgan fingerprint density at radius 3 is 2.81 bits per heavy atom. The Hall–Kier alpha value is -1.13. The molecule has 0 aliphatic rings. The summed E-state index contributed by atoms with van der Waals surface area (Å²) in [4.78, 5) is 3.98. The van der Waals surface area contributed by atoms with Crippen LogP contribution in [0.2, 0.25) is 0 Å². The van der Waals surface area contributed by atoms with Crippen molar-refractivity contribution >= 4 is 5.82 Å². The molecule has 1 rings (SSSR count). The summed E-state index contributed by atoms with van der Waals surface area (Å²) < 4.78 is 0. The molecule has 90 valence electrons. The Labute approximate surface area is 96.9 Å². The zero-order valence-electron chi connectivity index (χ0n) is 10.2. The number of anilines is 1. The molecule has 0 amide bonds. The summed E-state index contributed by atoms with van der Waals surface area (Å²) in [5.74, 6) is 0.945. The number of nitrogens with two attached hydrogens (primary N) is 1. The van der Waals surface area contributed by atoms with Crippen LogP contribution >= 0.6 is 0 Å². The Bertz CT molecular complexity index is 337. The van der Waals surface area contributed by atoms with Crippen LogP contribution in [-0.2, 0) is 5.60 Å². The van der Waals surface area contributed by atoms with Crippen LogP contribution in [0, 0.1) is 5.92 Å². The number of hydrogen-bond acceptors (Lipinski definition) is 4. The standard InChI is InChI=1S/C12H21N3O/c1-9(2)7-14-8-12(3,16)10-5-4-6-15-11(10)13/h4-6,9,14,16H,7-8H2,1-3H3,(H2,13,15). The Morgan fingerprint density at radius 2 is 2.25 bits per heavy atom. The second kappa shape index (κ2) is 5.27. The summed E-state index contributed by atoms with van der Waals surface area (Å²) in [5, 5.41) is 13.5. The van der Waals surface area contributed by atoms with Crippen molar-refractivity contribution in [1.82, 2.24) is 10.3 Å². The van der Waals surface area contributed by atoms with E-state index in [1.807, 2.05) is 0 Å². The van der Waals surface area contributed by atoms with Gasteiger partial charge in [-0.15, -0.1) is 0 Å². The molecule has 0 spiro atoms. The van der Waals surface area contributed by atoms with Crippen molar-refractivity contribution < 1.29 is 5.11 Å². The molecule has 1 heterocycles. The van der Waals surface area contributed by atoms with Gasteiger partial charge in [-0.3, -0.25) is 0 Å². The molecule has 0 fully saturated rings. The minimum Gasteiger partial charge on any atom is -0.384 e. The molecule has 0 aliphatic carbocycles. The molecule has 1 unspecified atom stereocenters. The molecule has 4 heteroatoms. The van der Waals surface area contributed by atoms with Gasteiger partial charge in [0, 0.05) is 18.3 Å². The number of pyridine rings is 1. The van der Waals surface area contributed by atoms with E-state index < -0.39 is 5.60 Å². The molecule has 0 saturated carbocycles. The van der Waals surface area contributed by atoms with E-state index in [1.165, 1.54) is 0 Å². The largest absolute Gasteiger partial charge is 0.384 e. The third kappa shape index (κ3) is 3.47. The molecule has 1 aromatic rings. The van der Waals surface area contributed by atoms with Gasteiger partial charge >= 0.3 is 0 Å². The fourth-order valence-corrected chi connectivity index (χ4v) is 1.57. The van der Waals surface area contributed by atoms with E-state index in [-0.39, 0.29) is 0 Å². The Morgan fingerprint density at radius 1 is 1.56 bits per heavy atom. The first kappa shape index (κ1) is 12.9. The van der Waals surface area contributed by atoms with Crippen molar-refractivity contribution in [1.29, 1.82) is 0 Å². The number of rotatable bonds is 5. The van der Waals surface area contributed by atoms with Gasteiger partial charge in [0.05, 0.1) is 0 Å². The van der Waals surface area contributed by atoms with Crippen LogP contribution in [0.5, 0.6) is 0 Å². The molecule has 0 aromatic carbocycles. The van der Waals surface area contributed by atoms with Gasteiger partial charge < -0.3 is 16.2 Å². The summed E-state index contributed by atoms with van der Waals surface area (Å²) in [6.07, 6.45) is 1.62. The quantitative estimate of drug-likeness (QED) is 0.699. The van der Waals surface area contributed by atoms with Crippen molar-refractivity contribution in [2.24, 2.45) is 5.92 Å². The van der Waals surface area contributed by atoms with Crippen molar-refractivity contribution in [3.8, 4) is 0 Å². The van der Waals surface area contributed by atoms with Gasteiger partial charge in [-0.05, 0) is 25.5 Å². The highest BCUT2D eigenvalue weighted by Crippen LogP contribution is 2.23. The second-order valence-corrected chi connectivity index (χ2v) is 4.73. The lowest BCUT2D eigenvalue weighted by Gasteiger charge is -2.25. The number of nitrogen functional groups attached to an aromatic ring is 1. The highest BCUT2D eigenvalue weighted by molar-refractivity contribution is 5.42. The SMILES string of the molecule is CC(C)CNCC(C)(O)c1cccnc1N. The van der Waals surface area contributed by atoms with E-state index in [9.17, 15) is 5.11 Å². The summed E-state index contributed by atoms with van der Waals surface area (Å²) in [6, 6.07) is 3.59. The molecule has 0 bridgehead atoms. The second-order valence-electron chi connectivity index (χ2n) is 4.73. The van der Waals surface area contributed by atoms with Crippen molar-refractivity contribution in [2.75, 3.05) is 18.8 Å². The molecule has 4 N–H and O–H groups in total. The van der Waals surface area contributed by atoms with Crippen LogP contribution in [0.15, 0.2) is 18.3 Å². The van der Waals surface area contributed by atoms with E-state index in [2.05, 4.69) is 24.1 Å². The predicted molar refractivity (Wildman–Crippen MR) is 65.9 cm³/mol. The molecule has 16 heavy (non-hydrogen) atoms. The lowest BCUT2D eigenvalue weighted by molar-refractivity contribution is 0.0569. The summed E-state index contributed by atoms with van der Waals surface area (Å²) >= 11 is 0. The fraction of sp³-hybridized carbons (Fsp3) is 0.583. The van der Waals surface area contributed by atoms with Gasteiger partial charge in [0.25, 0.3) is 0 Å². The highest BCUT2D eigenvalue weighted by Gasteiger charge is 2.25. The molecular formula is C12H21N3O. The van der Waals surface area contributed by atoms with Crippen LogP contribution in [-0.4, -0.2) is 23.2 Å². The average Bonchev–Trinajstić information content (AvgIpc) is 2.17. The lowest BCUT2D eigenvalue weighted by atomic mass is 9.96. The summed E-state index contributed by atoms with van der Waals surface area (Å²) in [5.41, 5.74) is 5.43. The van der Waals surface area contributed by atoms with Gasteiger partial charge in [-0.2, -0.15) is 0 Å². The van der Waals surface area contributed by atoms with Crippen LogP contribution in [0.4, 0.5) is 5.82 Å². The van der Waals surface area contributed by atoms with Gasteiger partial charge in [-0.25, -0.2) is 4.98 Å². The maximum atomic E-state index is 10.3. The molecule has 0 saturated heterocycles. The third-order valence-electron chi connectivity index (χ3n) is 2.44. The number of hydrogen-bond donors (Lipinski definition) is 3. The van der Waals surface area contributed by atoms with Crippen LogP contribution in [0.25, 0.3) is 0 Å². The minimum atomic E-state index is -0.979. The molecule has 1 atom stereocenters. The first-order valence-corrected chi connectivity index (χ1v) is 5.57. The van der Waals surface area contributed by atoms with Crippen LogP contribution in [0.1, 0.15) is 26.3 Å². The first-order valence-electron chi connectivity index (χ1n) is 5.57. The first-order chi connectivity index (χ1) is 7.43. The van der Waals surface area contributed by atoms with Crippen LogP contribution < -0.4 is 11.1 Å². The lowest BCUT2D eigenvalue weighted by Crippen LogP contribution is -2.37. The predicted octanol–water partition coefficient (Wildman–Crippen LogP) is 1.12. The number of aliphatic hydroxyl groups is 1. The summed E-state index contributed by atoms with van der Waals surface area (Å²) in [7, 11) is 0. The monoisotopic (exact) mass is 223 g/mol. The number of nitrogens with one attached hydrogen (secondary N) is 1. The van der Waals surface area contributed by atoms with Crippen molar-refractivity contribution in [2.45, 2.75) is 26.4 Å². The molecule has 0 radical (unpaired) electrons. The van der Waals surface area contributed by atoms with Crippen molar-refractivity contribution in [3.63, 3.8) is 0 Å². The maximum Gasteiger partial charge on any atom is 0.129 e. The smallest absolute Gasteiger partial charge is 0.129 e. The fourth-order valence-electron chi connectivity index (χ4n) is 1.57. The van der Waals surface area contributed by atoms with Gasteiger partial charge in [0.1, 0.15) is 11.4 Å². The van der Waals surface area contributed by atoms with Crippen LogP contribution in [0.3, 0.4) is 0 Å². The van der Waals surface area contributed by atoms with E-state index in [1.54, 1.807) is 25.3 Å². The molecule has 1 aromatic heterocycles. The maximum absolute atomic E-state index is 10.3. The molecular weight excluding hydrogens is 202 g/mol. The third-order valence-corrected chi connectivity index (χ3v) is 2.44. The zero-order chi connectivity index (χ0) is 12.2. The van der Waals surface area contributed by atoms with Gasteiger partial charge in [0.2, 0.25) is 0 Å². The van der Waals surface area contributed by atoms with E-state index in [4.69, 9.17) is 5.73 Å². The summed E-state index contributed by atoms with van der Waals surface area (Å²) in [6.45, 7) is 7.34. The van der Waals surface area contributed by atoms with Crippen molar-refractivity contribution in [3.05, 3.63) is 23.9 Å². The molecule has 0 aliphatic heterocycles. The normalized spacial score (nSPS) is 15.1.